The van der Waals surface area contributed by atoms with E-state index in [2.05, 4.69) is 9.72 Å². The molecule has 0 aliphatic carbocycles. The quantitative estimate of drug-likeness (QED) is 0.665. The number of carbonyl (C=O) groups excluding carboxylic acids is 1. The van der Waals surface area contributed by atoms with Crippen molar-refractivity contribution < 1.29 is 9.53 Å². The first-order valence-electron chi connectivity index (χ1n) is 4.66. The number of hydrogen-bond acceptors (Lipinski definition) is 3. The maximum absolute atomic E-state index is 11.5. The van der Waals surface area contributed by atoms with Gasteiger partial charge in [0.1, 0.15) is 0 Å². The van der Waals surface area contributed by atoms with Crippen LogP contribution in [-0.2, 0) is 4.74 Å². The van der Waals surface area contributed by atoms with Gasteiger partial charge in [-0.25, -0.2) is 9.78 Å². The van der Waals surface area contributed by atoms with E-state index >= 15 is 0 Å². The standard InChI is InChI=1S/C12H11NO2/c1-8-3-4-9-5-6-13-11(10(9)7-8)12(14)15-2/h3-7H,1-2H3. The fraction of sp³-hybridized carbons (Fsp3) is 0.167. The Kier molecular flexibility index (Phi) is 2.37. The molecule has 0 N–H and O–H groups in total. The van der Waals surface area contributed by atoms with E-state index in [0.29, 0.717) is 5.69 Å². The Morgan fingerprint density at radius 1 is 1.33 bits per heavy atom. The van der Waals surface area contributed by atoms with Crippen LogP contribution < -0.4 is 0 Å². The average molecular weight is 201 g/mol. The summed E-state index contributed by atoms with van der Waals surface area (Å²) in [4.78, 5) is 15.5. The number of aryl methyl sites for hydroxylation is 1. The van der Waals surface area contributed by atoms with Gasteiger partial charge >= 0.3 is 5.97 Å². The first-order chi connectivity index (χ1) is 7.22. The summed E-state index contributed by atoms with van der Waals surface area (Å²) in [6.45, 7) is 1.98. The van der Waals surface area contributed by atoms with Crippen LogP contribution >= 0.6 is 0 Å². The first kappa shape index (κ1) is 9.65. The van der Waals surface area contributed by atoms with E-state index in [4.69, 9.17) is 0 Å². The zero-order valence-electron chi connectivity index (χ0n) is 8.65. The molecule has 2 rings (SSSR count). The Balaban J connectivity index is 2.74. The molecule has 15 heavy (non-hydrogen) atoms. The lowest BCUT2D eigenvalue weighted by molar-refractivity contribution is 0.0596. The molecule has 2 aromatic rings. The SMILES string of the molecule is COC(=O)c1nccc2ccc(C)cc12. The molecule has 0 atom stereocenters. The third-order valence-electron chi connectivity index (χ3n) is 2.30. The second-order valence-electron chi connectivity index (χ2n) is 3.38. The van der Waals surface area contributed by atoms with E-state index in [9.17, 15) is 4.79 Å². The van der Waals surface area contributed by atoms with Gasteiger partial charge in [-0.05, 0) is 24.4 Å². The molecule has 1 aromatic heterocycles. The molecular formula is C12H11NO2. The number of ether oxygens (including phenoxy) is 1. The lowest BCUT2D eigenvalue weighted by Gasteiger charge is -2.04. The molecule has 3 nitrogen and oxygen atoms in total. The van der Waals surface area contributed by atoms with Gasteiger partial charge in [0.15, 0.2) is 5.69 Å². The largest absolute Gasteiger partial charge is 0.464 e. The van der Waals surface area contributed by atoms with Gasteiger partial charge in [0.05, 0.1) is 7.11 Å². The maximum Gasteiger partial charge on any atom is 0.357 e. The van der Waals surface area contributed by atoms with Gasteiger partial charge in [-0.2, -0.15) is 0 Å². The number of fused-ring (bicyclic) bond motifs is 1. The van der Waals surface area contributed by atoms with Crippen LogP contribution in [0.25, 0.3) is 10.8 Å². The second-order valence-corrected chi connectivity index (χ2v) is 3.38. The smallest absolute Gasteiger partial charge is 0.357 e. The predicted octanol–water partition coefficient (Wildman–Crippen LogP) is 2.33. The molecule has 0 fully saturated rings. The molecule has 0 radical (unpaired) electrons. The second kappa shape index (κ2) is 3.69. The Labute approximate surface area is 87.7 Å². The van der Waals surface area contributed by atoms with Crippen LogP contribution in [0.3, 0.4) is 0 Å². The fourth-order valence-electron chi connectivity index (χ4n) is 1.54. The van der Waals surface area contributed by atoms with Crippen LogP contribution in [0.5, 0.6) is 0 Å². The van der Waals surface area contributed by atoms with Crippen molar-refractivity contribution in [3.63, 3.8) is 0 Å². The Morgan fingerprint density at radius 3 is 2.87 bits per heavy atom. The zero-order valence-corrected chi connectivity index (χ0v) is 8.65. The van der Waals surface area contributed by atoms with Gasteiger partial charge in [-0.1, -0.05) is 17.7 Å². The summed E-state index contributed by atoms with van der Waals surface area (Å²) < 4.78 is 4.68. The third kappa shape index (κ3) is 1.68. The molecule has 76 valence electrons. The zero-order chi connectivity index (χ0) is 10.8. The maximum atomic E-state index is 11.5. The lowest BCUT2D eigenvalue weighted by Crippen LogP contribution is -2.04. The minimum atomic E-state index is -0.397. The number of carbonyl (C=O) groups is 1. The van der Waals surface area contributed by atoms with Crippen molar-refractivity contribution in [1.29, 1.82) is 0 Å². The Morgan fingerprint density at radius 2 is 2.13 bits per heavy atom. The number of esters is 1. The molecule has 0 unspecified atom stereocenters. The molecule has 0 spiro atoms. The Hall–Kier alpha value is -1.90. The van der Waals surface area contributed by atoms with Crippen LogP contribution in [0.4, 0.5) is 0 Å². The first-order valence-corrected chi connectivity index (χ1v) is 4.66. The highest BCUT2D eigenvalue weighted by atomic mass is 16.5. The van der Waals surface area contributed by atoms with E-state index in [1.807, 2.05) is 31.2 Å². The van der Waals surface area contributed by atoms with E-state index in [1.165, 1.54) is 7.11 Å². The van der Waals surface area contributed by atoms with Crippen LogP contribution in [-0.4, -0.2) is 18.1 Å². The van der Waals surface area contributed by atoms with Crippen molar-refractivity contribution in [2.24, 2.45) is 0 Å². The molecule has 1 heterocycles. The van der Waals surface area contributed by atoms with Crippen molar-refractivity contribution in [2.45, 2.75) is 6.92 Å². The van der Waals surface area contributed by atoms with Crippen LogP contribution in [0.2, 0.25) is 0 Å². The van der Waals surface area contributed by atoms with Gasteiger partial charge in [0.2, 0.25) is 0 Å². The molecule has 0 aliphatic heterocycles. The van der Waals surface area contributed by atoms with Crippen molar-refractivity contribution in [3.8, 4) is 0 Å². The number of hydrogen-bond donors (Lipinski definition) is 0. The van der Waals surface area contributed by atoms with E-state index < -0.39 is 5.97 Å². The lowest BCUT2D eigenvalue weighted by atomic mass is 10.1. The van der Waals surface area contributed by atoms with Gasteiger partial charge in [-0.15, -0.1) is 0 Å². The minimum absolute atomic E-state index is 0.374. The molecular weight excluding hydrogens is 190 g/mol. The predicted molar refractivity (Wildman–Crippen MR) is 57.8 cm³/mol. The number of methoxy groups -OCH3 is 1. The highest BCUT2D eigenvalue weighted by Crippen LogP contribution is 2.18. The third-order valence-corrected chi connectivity index (χ3v) is 2.30. The number of pyridine rings is 1. The summed E-state index contributed by atoms with van der Waals surface area (Å²) in [6.07, 6.45) is 1.62. The summed E-state index contributed by atoms with van der Waals surface area (Å²) in [5.41, 5.74) is 1.47. The number of benzene rings is 1. The molecule has 0 amide bonds. The van der Waals surface area contributed by atoms with Gasteiger partial charge in [-0.3, -0.25) is 0 Å². The van der Waals surface area contributed by atoms with Gasteiger partial charge < -0.3 is 4.74 Å². The molecule has 0 saturated carbocycles. The highest BCUT2D eigenvalue weighted by Gasteiger charge is 2.11. The van der Waals surface area contributed by atoms with Crippen molar-refractivity contribution >= 4 is 16.7 Å². The summed E-state index contributed by atoms with van der Waals surface area (Å²) in [5, 5.41) is 1.83. The van der Waals surface area contributed by atoms with Crippen LogP contribution in [0.15, 0.2) is 30.5 Å². The highest BCUT2D eigenvalue weighted by molar-refractivity contribution is 6.02. The fourth-order valence-corrected chi connectivity index (χ4v) is 1.54. The number of aromatic nitrogens is 1. The van der Waals surface area contributed by atoms with Crippen molar-refractivity contribution in [1.82, 2.24) is 4.98 Å². The summed E-state index contributed by atoms with van der Waals surface area (Å²) >= 11 is 0. The van der Waals surface area contributed by atoms with Crippen LogP contribution in [0.1, 0.15) is 16.1 Å². The Bertz CT molecular complexity index is 520. The topological polar surface area (TPSA) is 39.2 Å². The summed E-state index contributed by atoms with van der Waals surface area (Å²) in [5.74, 6) is -0.397. The average Bonchev–Trinajstić information content (AvgIpc) is 2.27. The molecule has 1 aromatic carbocycles. The minimum Gasteiger partial charge on any atom is -0.464 e. The van der Waals surface area contributed by atoms with E-state index in [1.54, 1.807) is 6.20 Å². The molecule has 0 aliphatic rings. The van der Waals surface area contributed by atoms with Gasteiger partial charge in [0.25, 0.3) is 0 Å². The van der Waals surface area contributed by atoms with Gasteiger partial charge in [0, 0.05) is 11.6 Å². The van der Waals surface area contributed by atoms with Crippen LogP contribution in [0, 0.1) is 6.92 Å². The number of rotatable bonds is 1. The van der Waals surface area contributed by atoms with Crippen molar-refractivity contribution in [2.75, 3.05) is 7.11 Å². The van der Waals surface area contributed by atoms with E-state index in [-0.39, 0.29) is 0 Å². The molecule has 0 bridgehead atoms. The van der Waals surface area contributed by atoms with E-state index in [0.717, 1.165) is 16.3 Å². The number of nitrogens with zero attached hydrogens (tertiary/aromatic N) is 1. The normalized spacial score (nSPS) is 10.3. The molecule has 0 saturated heterocycles. The molecule has 3 heteroatoms. The monoisotopic (exact) mass is 201 g/mol. The summed E-state index contributed by atoms with van der Waals surface area (Å²) in [6, 6.07) is 7.79. The summed E-state index contributed by atoms with van der Waals surface area (Å²) in [7, 11) is 1.36. The van der Waals surface area contributed by atoms with Crippen molar-refractivity contribution in [3.05, 3.63) is 41.7 Å².